The van der Waals surface area contributed by atoms with E-state index in [2.05, 4.69) is 32.8 Å². The summed E-state index contributed by atoms with van der Waals surface area (Å²) in [4.78, 5) is 14.4. The molecule has 1 aliphatic rings. The zero-order valence-electron chi connectivity index (χ0n) is 12.4. The second-order valence-corrected chi connectivity index (χ2v) is 6.84. The first-order valence-corrected chi connectivity index (χ1v) is 8.55. The van der Waals surface area contributed by atoms with Gasteiger partial charge < -0.3 is 15.3 Å². The number of carbonyl (C=O) groups excluding carboxylic acids is 1. The van der Waals surface area contributed by atoms with Crippen molar-refractivity contribution in [1.82, 2.24) is 10.2 Å². The van der Waals surface area contributed by atoms with Crippen LogP contribution in [0.1, 0.15) is 28.8 Å². The van der Waals surface area contributed by atoms with Crippen LogP contribution in [0.15, 0.2) is 18.2 Å². The Balaban J connectivity index is 1.78. The maximum Gasteiger partial charge on any atom is 0.251 e. The minimum atomic E-state index is 0.0206. The Labute approximate surface area is 140 Å². The number of amides is 1. The molecule has 1 saturated heterocycles. The number of β-amino-alcohol motifs (C(OH)–C–C–N with tert-alkyl or cyclic N) is 1. The van der Waals surface area contributed by atoms with Gasteiger partial charge in [-0.1, -0.05) is 0 Å². The van der Waals surface area contributed by atoms with Crippen molar-refractivity contribution in [3.05, 3.63) is 32.9 Å². The lowest BCUT2D eigenvalue weighted by molar-refractivity contribution is 0.0932. The Morgan fingerprint density at radius 1 is 1.43 bits per heavy atom. The Hall–Kier alpha value is -0.660. The van der Waals surface area contributed by atoms with Gasteiger partial charge in [-0.05, 0) is 85.1 Å². The molecule has 4 nitrogen and oxygen atoms in total. The van der Waals surface area contributed by atoms with E-state index >= 15 is 0 Å². The molecule has 1 fully saturated rings. The first-order valence-electron chi connectivity index (χ1n) is 7.47. The predicted molar refractivity (Wildman–Crippen MR) is 92.5 cm³/mol. The zero-order chi connectivity index (χ0) is 15.2. The largest absolute Gasteiger partial charge is 0.395 e. The number of hydrogen-bond donors (Lipinski definition) is 2. The minimum Gasteiger partial charge on any atom is -0.395 e. The molecule has 21 heavy (non-hydrogen) atoms. The van der Waals surface area contributed by atoms with Gasteiger partial charge in [-0.3, -0.25) is 4.79 Å². The lowest BCUT2D eigenvalue weighted by Crippen LogP contribution is -2.39. The summed E-state index contributed by atoms with van der Waals surface area (Å²) in [6.07, 6.45) is 2.18. The molecule has 0 unspecified atom stereocenters. The molecule has 1 amide bonds. The predicted octanol–water partition coefficient (Wildman–Crippen LogP) is 2.03. The zero-order valence-corrected chi connectivity index (χ0v) is 14.6. The highest BCUT2D eigenvalue weighted by Gasteiger charge is 2.19. The van der Waals surface area contributed by atoms with Crippen molar-refractivity contribution in [2.75, 3.05) is 32.8 Å². The quantitative estimate of drug-likeness (QED) is 0.742. The van der Waals surface area contributed by atoms with Crippen LogP contribution in [0.25, 0.3) is 0 Å². The normalized spacial score (nSPS) is 16.9. The topological polar surface area (TPSA) is 52.6 Å². The molecule has 116 valence electrons. The van der Waals surface area contributed by atoms with Crippen LogP contribution in [0, 0.1) is 16.4 Å². The number of nitrogens with one attached hydrogen (secondary N) is 1. The van der Waals surface area contributed by atoms with Gasteiger partial charge in [-0.2, -0.15) is 0 Å². The van der Waals surface area contributed by atoms with Crippen molar-refractivity contribution in [3.8, 4) is 0 Å². The van der Waals surface area contributed by atoms with E-state index in [9.17, 15) is 4.79 Å². The summed E-state index contributed by atoms with van der Waals surface area (Å²) < 4.78 is 1.18. The van der Waals surface area contributed by atoms with Gasteiger partial charge in [0.25, 0.3) is 5.91 Å². The van der Waals surface area contributed by atoms with Crippen molar-refractivity contribution in [2.24, 2.45) is 5.92 Å². The second-order valence-electron chi connectivity index (χ2n) is 5.68. The average molecular weight is 402 g/mol. The Morgan fingerprint density at radius 2 is 2.14 bits per heavy atom. The fraction of sp³-hybridized carbons (Fsp3) is 0.562. The molecular formula is C16H23IN2O2. The molecule has 2 N–H and O–H groups in total. The number of aliphatic hydroxyl groups excluding tert-OH is 1. The lowest BCUT2D eigenvalue weighted by Gasteiger charge is -2.31. The van der Waals surface area contributed by atoms with Crippen molar-refractivity contribution in [1.29, 1.82) is 0 Å². The third-order valence-electron chi connectivity index (χ3n) is 4.09. The number of piperidine rings is 1. The molecule has 0 spiro atoms. The van der Waals surface area contributed by atoms with Gasteiger partial charge in [0.05, 0.1) is 6.61 Å². The fourth-order valence-corrected chi connectivity index (χ4v) is 3.02. The van der Waals surface area contributed by atoms with Crippen LogP contribution < -0.4 is 5.32 Å². The summed E-state index contributed by atoms with van der Waals surface area (Å²) in [6.45, 7) is 5.80. The standard InChI is InChI=1S/C16H23IN2O2/c1-12-10-14(2-3-15(12)17)16(21)18-11-13-4-6-19(7-5-13)8-9-20/h2-3,10,13,20H,4-9,11H2,1H3,(H,18,21). The van der Waals surface area contributed by atoms with Gasteiger partial charge in [0, 0.05) is 22.2 Å². The van der Waals surface area contributed by atoms with Crippen LogP contribution in [-0.4, -0.2) is 48.7 Å². The number of nitrogens with zero attached hydrogens (tertiary/aromatic N) is 1. The highest BCUT2D eigenvalue weighted by atomic mass is 127. The summed E-state index contributed by atoms with van der Waals surface area (Å²) in [5.41, 5.74) is 1.88. The van der Waals surface area contributed by atoms with Crippen LogP contribution in [0.4, 0.5) is 0 Å². The Bertz CT molecular complexity index is 485. The fourth-order valence-electron chi connectivity index (χ4n) is 2.68. The molecule has 0 saturated carbocycles. The first kappa shape index (κ1) is 16.7. The van der Waals surface area contributed by atoms with Crippen molar-refractivity contribution in [2.45, 2.75) is 19.8 Å². The van der Waals surface area contributed by atoms with Gasteiger partial charge in [0.2, 0.25) is 0 Å². The highest BCUT2D eigenvalue weighted by Crippen LogP contribution is 2.17. The molecule has 1 aromatic rings. The van der Waals surface area contributed by atoms with Crippen molar-refractivity contribution >= 4 is 28.5 Å². The third-order valence-corrected chi connectivity index (χ3v) is 5.31. The van der Waals surface area contributed by atoms with E-state index < -0.39 is 0 Å². The monoisotopic (exact) mass is 402 g/mol. The summed E-state index contributed by atoms with van der Waals surface area (Å²) in [7, 11) is 0. The number of benzene rings is 1. The molecule has 2 rings (SSSR count). The maximum atomic E-state index is 12.2. The van der Waals surface area contributed by atoms with Crippen LogP contribution in [0.5, 0.6) is 0 Å². The van der Waals surface area contributed by atoms with Crippen molar-refractivity contribution < 1.29 is 9.90 Å². The van der Waals surface area contributed by atoms with Crippen LogP contribution in [-0.2, 0) is 0 Å². The molecule has 1 aliphatic heterocycles. The van der Waals surface area contributed by atoms with E-state index in [0.717, 1.165) is 50.1 Å². The summed E-state index contributed by atoms with van der Waals surface area (Å²) >= 11 is 2.28. The lowest BCUT2D eigenvalue weighted by atomic mass is 9.96. The number of hydrogen-bond acceptors (Lipinski definition) is 3. The van der Waals surface area contributed by atoms with E-state index in [0.29, 0.717) is 5.92 Å². The van der Waals surface area contributed by atoms with Gasteiger partial charge >= 0.3 is 0 Å². The SMILES string of the molecule is Cc1cc(C(=O)NCC2CCN(CCO)CC2)ccc1I. The van der Waals surface area contributed by atoms with Crippen LogP contribution in [0.3, 0.4) is 0 Å². The van der Waals surface area contributed by atoms with Crippen molar-refractivity contribution in [3.63, 3.8) is 0 Å². The molecular weight excluding hydrogens is 379 g/mol. The van der Waals surface area contributed by atoms with E-state index in [1.54, 1.807) is 0 Å². The van der Waals surface area contributed by atoms with Gasteiger partial charge in [-0.15, -0.1) is 0 Å². The molecule has 0 bridgehead atoms. The second kappa shape index (κ2) is 8.10. The molecule has 0 atom stereocenters. The molecule has 0 aliphatic carbocycles. The van der Waals surface area contributed by atoms with Gasteiger partial charge in [0.15, 0.2) is 0 Å². The van der Waals surface area contributed by atoms with Crippen LogP contribution in [0.2, 0.25) is 0 Å². The van der Waals surface area contributed by atoms with E-state index in [-0.39, 0.29) is 12.5 Å². The van der Waals surface area contributed by atoms with Gasteiger partial charge in [-0.25, -0.2) is 0 Å². The summed E-state index contributed by atoms with van der Waals surface area (Å²) in [5, 5.41) is 12.0. The Kier molecular flexibility index (Phi) is 6.44. The Morgan fingerprint density at radius 3 is 2.76 bits per heavy atom. The number of likely N-dealkylation sites (tertiary alicyclic amines) is 1. The maximum absolute atomic E-state index is 12.2. The number of rotatable bonds is 5. The molecule has 1 aromatic carbocycles. The molecule has 1 heterocycles. The minimum absolute atomic E-state index is 0.0206. The number of aliphatic hydroxyl groups is 1. The van der Waals surface area contributed by atoms with E-state index in [1.165, 1.54) is 3.57 Å². The summed E-state index contributed by atoms with van der Waals surface area (Å²) in [5.74, 6) is 0.570. The number of halogens is 1. The average Bonchev–Trinajstić information content (AvgIpc) is 2.49. The van der Waals surface area contributed by atoms with E-state index in [1.807, 2.05) is 25.1 Å². The highest BCUT2D eigenvalue weighted by molar-refractivity contribution is 14.1. The van der Waals surface area contributed by atoms with Crippen LogP contribution >= 0.6 is 22.6 Å². The van der Waals surface area contributed by atoms with Gasteiger partial charge in [0.1, 0.15) is 0 Å². The first-order chi connectivity index (χ1) is 10.1. The molecule has 5 heteroatoms. The number of carbonyl (C=O) groups is 1. The third kappa shape index (κ3) is 4.93. The molecule has 0 aromatic heterocycles. The molecule has 0 radical (unpaired) electrons. The summed E-state index contributed by atoms with van der Waals surface area (Å²) in [6, 6.07) is 5.81. The number of aryl methyl sites for hydroxylation is 1. The smallest absolute Gasteiger partial charge is 0.251 e. The van der Waals surface area contributed by atoms with E-state index in [4.69, 9.17) is 5.11 Å².